The molecule has 0 unspecified atom stereocenters. The average Bonchev–Trinajstić information content (AvgIpc) is 3.54. The molecular weight excluding hydrogens is 418 g/mol. The normalized spacial score (nSPS) is 29.6. The van der Waals surface area contributed by atoms with E-state index in [1.165, 1.54) is 18.4 Å². The Morgan fingerprint density at radius 2 is 1.79 bits per heavy atom. The van der Waals surface area contributed by atoms with Crippen LogP contribution in [0.15, 0.2) is 30.5 Å². The summed E-state index contributed by atoms with van der Waals surface area (Å²) in [6, 6.07) is 9.39. The number of hydrogen-bond acceptors (Lipinski definition) is 6. The Balaban J connectivity index is 1.09. The van der Waals surface area contributed by atoms with Crippen molar-refractivity contribution in [3.8, 4) is 0 Å². The Bertz CT molecular complexity index is 993. The molecule has 0 radical (unpaired) electrons. The smallest absolute Gasteiger partial charge is 0.248 e. The molecule has 1 saturated carbocycles. The van der Waals surface area contributed by atoms with Crippen LogP contribution in [0, 0.1) is 0 Å². The van der Waals surface area contributed by atoms with Crippen molar-refractivity contribution in [1.29, 1.82) is 0 Å². The van der Waals surface area contributed by atoms with Gasteiger partial charge in [0.2, 0.25) is 5.91 Å². The first-order valence-electron chi connectivity index (χ1n) is 12.4. The number of piperidine rings is 1. The summed E-state index contributed by atoms with van der Waals surface area (Å²) in [4.78, 5) is 14.2. The van der Waals surface area contributed by atoms with Crippen LogP contribution in [0.4, 0.5) is 0 Å². The van der Waals surface area contributed by atoms with Crippen molar-refractivity contribution in [3.05, 3.63) is 47.3 Å². The number of nitrogens with two attached hydrogens (primary N) is 1. The lowest BCUT2D eigenvalue weighted by molar-refractivity contribution is -0.181. The van der Waals surface area contributed by atoms with Gasteiger partial charge in [-0.2, -0.15) is 0 Å². The quantitative estimate of drug-likeness (QED) is 0.750. The van der Waals surface area contributed by atoms with E-state index in [4.69, 9.17) is 15.2 Å². The maximum Gasteiger partial charge on any atom is 0.248 e. The van der Waals surface area contributed by atoms with Crippen molar-refractivity contribution in [1.82, 2.24) is 19.9 Å². The molecule has 6 rings (SSSR count). The molecule has 4 heterocycles. The van der Waals surface area contributed by atoms with E-state index in [1.54, 1.807) is 6.07 Å². The first-order chi connectivity index (χ1) is 16.1. The number of fused-ring (bicyclic) bond motifs is 2. The van der Waals surface area contributed by atoms with Crippen LogP contribution in [0.2, 0.25) is 0 Å². The number of ether oxygens (including phenoxy) is 2. The van der Waals surface area contributed by atoms with Gasteiger partial charge in [-0.3, -0.25) is 9.69 Å². The van der Waals surface area contributed by atoms with Gasteiger partial charge in [0.15, 0.2) is 5.79 Å². The SMILES string of the molecule is NC(=O)c1cccc([C@H]2C[C@H]3CC[C@@H](C2)N3Cc2cn(C3CCC4(CC3)OCCO4)nn2)c1. The molecule has 1 aliphatic carbocycles. The van der Waals surface area contributed by atoms with Crippen molar-refractivity contribution < 1.29 is 14.3 Å². The monoisotopic (exact) mass is 451 g/mol. The van der Waals surface area contributed by atoms with Crippen LogP contribution >= 0.6 is 0 Å². The number of nitrogens with zero attached hydrogens (tertiary/aromatic N) is 4. The predicted octanol–water partition coefficient (Wildman–Crippen LogP) is 3.15. The molecule has 33 heavy (non-hydrogen) atoms. The molecule has 3 saturated heterocycles. The molecule has 3 atom stereocenters. The second-order valence-corrected chi connectivity index (χ2v) is 10.2. The highest BCUT2D eigenvalue weighted by atomic mass is 16.7. The number of benzene rings is 1. The maximum absolute atomic E-state index is 11.6. The largest absolute Gasteiger partial charge is 0.366 e. The molecule has 2 bridgehead atoms. The zero-order chi connectivity index (χ0) is 22.4. The van der Waals surface area contributed by atoms with Crippen molar-refractivity contribution >= 4 is 5.91 Å². The van der Waals surface area contributed by atoms with Gasteiger partial charge in [-0.15, -0.1) is 5.10 Å². The van der Waals surface area contributed by atoms with Gasteiger partial charge in [-0.25, -0.2) is 4.68 Å². The molecule has 4 aliphatic rings. The summed E-state index contributed by atoms with van der Waals surface area (Å²) in [6.07, 6.45) is 10.8. The Labute approximate surface area is 194 Å². The van der Waals surface area contributed by atoms with Gasteiger partial charge in [0, 0.05) is 37.0 Å². The van der Waals surface area contributed by atoms with Gasteiger partial charge in [-0.05, 0) is 62.1 Å². The minimum Gasteiger partial charge on any atom is -0.366 e. The molecule has 2 aromatic rings. The molecule has 1 aromatic heterocycles. The first kappa shape index (κ1) is 21.3. The summed E-state index contributed by atoms with van der Waals surface area (Å²) in [6.45, 7) is 2.30. The van der Waals surface area contributed by atoms with Gasteiger partial charge in [0.05, 0.1) is 31.1 Å². The van der Waals surface area contributed by atoms with Gasteiger partial charge >= 0.3 is 0 Å². The fourth-order valence-electron chi connectivity index (χ4n) is 6.59. The summed E-state index contributed by atoms with van der Waals surface area (Å²) in [5.74, 6) is -0.194. The highest BCUT2D eigenvalue weighted by Gasteiger charge is 2.42. The Morgan fingerprint density at radius 1 is 1.06 bits per heavy atom. The summed E-state index contributed by atoms with van der Waals surface area (Å²) in [5, 5.41) is 9.03. The lowest BCUT2D eigenvalue weighted by Crippen LogP contribution is -2.41. The standard InChI is InChI=1S/C25H33N5O3/c26-24(31)18-3-1-2-17(12-18)19-13-22-4-5-23(14-19)29(22)15-20-16-30(28-27-20)21-6-8-25(9-7-21)32-10-11-33-25/h1-3,12,16,19,21-23H,4-11,13-15H2,(H2,26,31)/t19-,22+,23-. The fourth-order valence-corrected chi connectivity index (χ4v) is 6.59. The summed E-state index contributed by atoms with van der Waals surface area (Å²) >= 11 is 0. The molecule has 4 fully saturated rings. The Morgan fingerprint density at radius 3 is 2.48 bits per heavy atom. The van der Waals surface area contributed by atoms with Gasteiger partial charge in [0.1, 0.15) is 0 Å². The van der Waals surface area contributed by atoms with Crippen molar-refractivity contribution in [2.45, 2.75) is 87.7 Å². The Kier molecular flexibility index (Phi) is 5.47. The minimum absolute atomic E-state index is 0.333. The number of carbonyl (C=O) groups excluding carboxylic acids is 1. The molecule has 3 aliphatic heterocycles. The highest BCUT2D eigenvalue weighted by Crippen LogP contribution is 2.44. The fraction of sp³-hybridized carbons (Fsp3) is 0.640. The molecule has 1 aromatic carbocycles. The van der Waals surface area contributed by atoms with Crippen LogP contribution in [0.25, 0.3) is 0 Å². The topological polar surface area (TPSA) is 95.5 Å². The molecule has 2 N–H and O–H groups in total. The Hall–Kier alpha value is -2.29. The lowest BCUT2D eigenvalue weighted by Gasteiger charge is -2.38. The van der Waals surface area contributed by atoms with Crippen LogP contribution in [0.5, 0.6) is 0 Å². The van der Waals surface area contributed by atoms with E-state index >= 15 is 0 Å². The third-order valence-corrected chi connectivity index (χ3v) is 8.33. The number of primary amides is 1. The highest BCUT2D eigenvalue weighted by molar-refractivity contribution is 5.92. The number of rotatable bonds is 5. The van der Waals surface area contributed by atoms with E-state index in [9.17, 15) is 4.79 Å². The summed E-state index contributed by atoms with van der Waals surface area (Å²) < 4.78 is 13.8. The number of amides is 1. The minimum atomic E-state index is -0.350. The third kappa shape index (κ3) is 4.09. The lowest BCUT2D eigenvalue weighted by atomic mass is 9.84. The summed E-state index contributed by atoms with van der Waals surface area (Å²) in [7, 11) is 0. The second kappa shape index (κ2) is 8.49. The zero-order valence-electron chi connectivity index (χ0n) is 19.1. The number of aromatic nitrogens is 3. The van der Waals surface area contributed by atoms with Crippen LogP contribution in [0.3, 0.4) is 0 Å². The second-order valence-electron chi connectivity index (χ2n) is 10.2. The van der Waals surface area contributed by atoms with Crippen LogP contribution < -0.4 is 5.73 Å². The van der Waals surface area contributed by atoms with E-state index in [1.807, 2.05) is 12.1 Å². The van der Waals surface area contributed by atoms with E-state index in [-0.39, 0.29) is 11.7 Å². The molecule has 8 heteroatoms. The van der Waals surface area contributed by atoms with E-state index < -0.39 is 0 Å². The molecule has 8 nitrogen and oxygen atoms in total. The van der Waals surface area contributed by atoms with Crippen molar-refractivity contribution in [3.63, 3.8) is 0 Å². The third-order valence-electron chi connectivity index (χ3n) is 8.33. The predicted molar refractivity (Wildman–Crippen MR) is 121 cm³/mol. The van der Waals surface area contributed by atoms with E-state index in [0.29, 0.717) is 42.8 Å². The van der Waals surface area contributed by atoms with Crippen molar-refractivity contribution in [2.24, 2.45) is 5.73 Å². The van der Waals surface area contributed by atoms with Crippen LogP contribution in [0.1, 0.15) is 84.9 Å². The average molecular weight is 452 g/mol. The maximum atomic E-state index is 11.6. The van der Waals surface area contributed by atoms with E-state index in [0.717, 1.165) is 50.8 Å². The van der Waals surface area contributed by atoms with Crippen molar-refractivity contribution in [2.75, 3.05) is 13.2 Å². The van der Waals surface area contributed by atoms with Crippen LogP contribution in [-0.4, -0.2) is 56.9 Å². The van der Waals surface area contributed by atoms with Crippen LogP contribution in [-0.2, 0) is 16.0 Å². The molecule has 1 amide bonds. The molecule has 1 spiro atoms. The van der Waals surface area contributed by atoms with Gasteiger partial charge in [0.25, 0.3) is 0 Å². The zero-order valence-corrected chi connectivity index (χ0v) is 19.1. The molecular formula is C25H33N5O3. The molecule has 176 valence electrons. The van der Waals surface area contributed by atoms with E-state index in [2.05, 4.69) is 32.2 Å². The summed E-state index contributed by atoms with van der Waals surface area (Å²) in [5.41, 5.74) is 8.42. The number of hydrogen-bond donors (Lipinski definition) is 1. The van der Waals surface area contributed by atoms with Gasteiger partial charge in [-0.1, -0.05) is 17.3 Å². The van der Waals surface area contributed by atoms with Gasteiger partial charge < -0.3 is 15.2 Å². The first-order valence-corrected chi connectivity index (χ1v) is 12.4. The number of carbonyl (C=O) groups is 1.